The Morgan fingerprint density at radius 2 is 2.27 bits per heavy atom. The lowest BCUT2D eigenvalue weighted by molar-refractivity contribution is -0.107. The molecular formula is C20H24N2O4. The van der Waals surface area contributed by atoms with Gasteiger partial charge in [-0.25, -0.2) is 0 Å². The van der Waals surface area contributed by atoms with Crippen molar-refractivity contribution in [1.29, 1.82) is 0 Å². The first kappa shape index (κ1) is 17.1. The SMILES string of the molecule is CN1CCc2cc(O)ccc2/C1=C/C(=N\C=O)OCC12CC(C)(CO1)C2. The summed E-state index contributed by atoms with van der Waals surface area (Å²) in [6.45, 7) is 4.23. The molecule has 1 amide bonds. The van der Waals surface area contributed by atoms with E-state index in [1.54, 1.807) is 18.2 Å². The topological polar surface area (TPSA) is 71.4 Å². The standard InChI is InChI=1S/C20H24N2O4/c1-19-9-20(10-19,26-11-19)12-25-18(21-13-23)8-17-16-4-3-15(24)7-14(16)5-6-22(17)2/h3-4,7-8,13,24H,5-6,9-12H2,1-2H3/b17-8-,21-18+. The van der Waals surface area contributed by atoms with Gasteiger partial charge < -0.3 is 19.5 Å². The number of fused-ring (bicyclic) bond motifs is 2. The highest BCUT2D eigenvalue weighted by molar-refractivity contribution is 5.98. The van der Waals surface area contributed by atoms with Crippen LogP contribution in [0.25, 0.3) is 5.70 Å². The van der Waals surface area contributed by atoms with Crippen molar-refractivity contribution in [1.82, 2.24) is 4.90 Å². The van der Waals surface area contributed by atoms with Crippen molar-refractivity contribution in [3.8, 4) is 5.75 Å². The number of hydrogen-bond donors (Lipinski definition) is 1. The highest BCUT2D eigenvalue weighted by atomic mass is 16.6. The Labute approximate surface area is 153 Å². The lowest BCUT2D eigenvalue weighted by atomic mass is 9.64. The van der Waals surface area contributed by atoms with E-state index >= 15 is 0 Å². The van der Waals surface area contributed by atoms with E-state index in [0.717, 1.165) is 49.2 Å². The molecule has 1 N–H and O–H groups in total. The highest BCUT2D eigenvalue weighted by Gasteiger charge is 2.60. The van der Waals surface area contributed by atoms with Crippen molar-refractivity contribution in [3.63, 3.8) is 0 Å². The van der Waals surface area contributed by atoms with E-state index in [9.17, 15) is 9.90 Å². The smallest absolute Gasteiger partial charge is 0.236 e. The summed E-state index contributed by atoms with van der Waals surface area (Å²) >= 11 is 0. The third-order valence-corrected chi connectivity index (χ3v) is 5.64. The highest BCUT2D eigenvalue weighted by Crippen LogP contribution is 2.57. The number of nitrogens with zero attached hydrogens (tertiary/aromatic N) is 2. The van der Waals surface area contributed by atoms with Gasteiger partial charge in [0.15, 0.2) is 0 Å². The summed E-state index contributed by atoms with van der Waals surface area (Å²) < 4.78 is 11.8. The monoisotopic (exact) mass is 356 g/mol. The lowest BCUT2D eigenvalue weighted by Crippen LogP contribution is -2.46. The molecule has 1 aromatic carbocycles. The van der Waals surface area contributed by atoms with E-state index in [1.807, 2.05) is 13.1 Å². The molecule has 0 unspecified atom stereocenters. The van der Waals surface area contributed by atoms with Gasteiger partial charge in [0.25, 0.3) is 0 Å². The first-order chi connectivity index (χ1) is 12.4. The Morgan fingerprint density at radius 1 is 1.46 bits per heavy atom. The summed E-state index contributed by atoms with van der Waals surface area (Å²) in [5, 5.41) is 9.72. The number of aliphatic imine (C=N–C) groups is 1. The summed E-state index contributed by atoms with van der Waals surface area (Å²) in [7, 11) is 2.00. The summed E-state index contributed by atoms with van der Waals surface area (Å²) in [6, 6.07) is 5.35. The Kier molecular flexibility index (Phi) is 4.03. The second-order valence-electron chi connectivity index (χ2n) is 8.04. The average molecular weight is 356 g/mol. The van der Waals surface area contributed by atoms with Crippen LogP contribution in [0, 0.1) is 5.41 Å². The number of rotatable bonds is 4. The molecule has 3 heterocycles. The molecule has 3 aliphatic heterocycles. The predicted molar refractivity (Wildman–Crippen MR) is 97.9 cm³/mol. The number of phenolic OH excluding ortho intramolecular Hbond substituents is 1. The zero-order valence-electron chi connectivity index (χ0n) is 15.2. The van der Waals surface area contributed by atoms with Crippen molar-refractivity contribution >= 4 is 18.0 Å². The van der Waals surface area contributed by atoms with Crippen LogP contribution in [0.5, 0.6) is 5.75 Å². The number of ether oxygens (including phenoxy) is 2. The number of aromatic hydroxyl groups is 1. The maximum absolute atomic E-state index is 11.0. The Morgan fingerprint density at radius 3 is 2.96 bits per heavy atom. The summed E-state index contributed by atoms with van der Waals surface area (Å²) in [5.41, 5.74) is 3.08. The zero-order chi connectivity index (χ0) is 18.4. The van der Waals surface area contributed by atoms with Gasteiger partial charge >= 0.3 is 0 Å². The molecule has 26 heavy (non-hydrogen) atoms. The van der Waals surface area contributed by atoms with Crippen LogP contribution in [-0.2, 0) is 20.7 Å². The van der Waals surface area contributed by atoms with Crippen molar-refractivity contribution in [2.75, 3.05) is 26.8 Å². The van der Waals surface area contributed by atoms with E-state index in [-0.39, 0.29) is 16.8 Å². The number of carbonyl (C=O) groups is 1. The first-order valence-corrected chi connectivity index (χ1v) is 8.95. The summed E-state index contributed by atoms with van der Waals surface area (Å²) in [6.07, 6.45) is 5.14. The number of likely N-dealkylation sites (N-methyl/N-ethyl adjacent to an activating group) is 1. The molecule has 6 nitrogen and oxygen atoms in total. The molecule has 0 aromatic heterocycles. The van der Waals surface area contributed by atoms with E-state index in [0.29, 0.717) is 18.9 Å². The van der Waals surface area contributed by atoms with Crippen molar-refractivity contribution in [3.05, 3.63) is 35.4 Å². The number of amides is 1. The molecule has 6 heteroatoms. The molecule has 0 atom stereocenters. The minimum absolute atomic E-state index is 0.223. The third kappa shape index (κ3) is 2.98. The number of carbonyl (C=O) groups excluding carboxylic acids is 1. The van der Waals surface area contributed by atoms with Crippen molar-refractivity contribution < 1.29 is 19.4 Å². The van der Waals surface area contributed by atoms with E-state index in [1.165, 1.54) is 0 Å². The largest absolute Gasteiger partial charge is 0.508 e. The quantitative estimate of drug-likeness (QED) is 0.509. The van der Waals surface area contributed by atoms with E-state index in [4.69, 9.17) is 9.47 Å². The molecule has 2 bridgehead atoms. The Bertz CT molecular complexity index is 793. The fourth-order valence-corrected chi connectivity index (χ4v) is 4.51. The molecule has 138 valence electrons. The van der Waals surface area contributed by atoms with Gasteiger partial charge in [0.05, 0.1) is 6.61 Å². The third-order valence-electron chi connectivity index (χ3n) is 5.64. The first-order valence-electron chi connectivity index (χ1n) is 8.95. The van der Waals surface area contributed by atoms with Gasteiger partial charge in [0.1, 0.15) is 18.0 Å². The maximum atomic E-state index is 11.0. The Balaban J connectivity index is 1.56. The number of hydrogen-bond acceptors (Lipinski definition) is 5. The van der Waals surface area contributed by atoms with Gasteiger partial charge in [-0.3, -0.25) is 4.79 Å². The van der Waals surface area contributed by atoms with Gasteiger partial charge in [-0.15, -0.1) is 0 Å². The molecule has 5 rings (SSSR count). The van der Waals surface area contributed by atoms with Crippen LogP contribution in [0.3, 0.4) is 0 Å². The fraction of sp³-hybridized carbons (Fsp3) is 0.500. The normalized spacial score (nSPS) is 31.5. The van der Waals surface area contributed by atoms with Gasteiger partial charge in [0, 0.05) is 30.9 Å². The second kappa shape index (κ2) is 6.13. The molecule has 1 aromatic rings. The molecule has 0 spiro atoms. The lowest BCUT2D eigenvalue weighted by Gasteiger charge is -2.41. The molecule has 4 aliphatic rings. The van der Waals surface area contributed by atoms with Crippen LogP contribution in [0.2, 0.25) is 0 Å². The minimum atomic E-state index is -0.223. The molecular weight excluding hydrogens is 332 g/mol. The van der Waals surface area contributed by atoms with Crippen molar-refractivity contribution in [2.24, 2.45) is 10.4 Å². The maximum Gasteiger partial charge on any atom is 0.236 e. The second-order valence-corrected chi connectivity index (χ2v) is 8.04. The summed E-state index contributed by atoms with van der Waals surface area (Å²) in [4.78, 5) is 17.0. The summed E-state index contributed by atoms with van der Waals surface area (Å²) in [5.74, 6) is 0.553. The Hall–Kier alpha value is -2.34. The molecule has 2 saturated heterocycles. The van der Waals surface area contributed by atoms with Crippen LogP contribution in [0.1, 0.15) is 30.9 Å². The molecule has 1 aliphatic carbocycles. The zero-order valence-corrected chi connectivity index (χ0v) is 15.2. The molecule has 1 saturated carbocycles. The van der Waals surface area contributed by atoms with Gasteiger partial charge in [0.2, 0.25) is 12.3 Å². The van der Waals surface area contributed by atoms with Crippen LogP contribution < -0.4 is 0 Å². The van der Waals surface area contributed by atoms with E-state index in [2.05, 4.69) is 16.8 Å². The van der Waals surface area contributed by atoms with Crippen LogP contribution >= 0.6 is 0 Å². The molecule has 3 fully saturated rings. The van der Waals surface area contributed by atoms with Gasteiger partial charge in [-0.1, -0.05) is 6.92 Å². The van der Waals surface area contributed by atoms with Crippen LogP contribution in [0.4, 0.5) is 0 Å². The average Bonchev–Trinajstić information content (AvgIpc) is 3.09. The predicted octanol–water partition coefficient (Wildman–Crippen LogP) is 2.36. The number of phenols is 1. The number of benzene rings is 1. The fourth-order valence-electron chi connectivity index (χ4n) is 4.51. The molecule has 0 radical (unpaired) electrons. The van der Waals surface area contributed by atoms with E-state index < -0.39 is 0 Å². The minimum Gasteiger partial charge on any atom is -0.508 e. The van der Waals surface area contributed by atoms with Crippen molar-refractivity contribution in [2.45, 2.75) is 31.8 Å². The van der Waals surface area contributed by atoms with Crippen LogP contribution in [0.15, 0.2) is 29.3 Å². The van der Waals surface area contributed by atoms with Crippen LogP contribution in [-0.4, -0.2) is 54.7 Å². The van der Waals surface area contributed by atoms with Gasteiger partial charge in [-0.05, 0) is 48.4 Å². The van der Waals surface area contributed by atoms with Gasteiger partial charge in [-0.2, -0.15) is 4.99 Å².